The third kappa shape index (κ3) is 3.05. The fraction of sp³-hybridized carbons (Fsp3) is 0. The van der Waals surface area contributed by atoms with E-state index in [9.17, 15) is 19.5 Å². The highest BCUT2D eigenvalue weighted by molar-refractivity contribution is 6.34. The molecule has 7 heteroatoms. The van der Waals surface area contributed by atoms with Gasteiger partial charge in [-0.1, -0.05) is 35.9 Å². The number of pyridine rings is 1. The Labute approximate surface area is 181 Å². The first kappa shape index (κ1) is 19.0. The molecule has 2 amide bonds. The monoisotopic (exact) mass is 428 g/mol. The van der Waals surface area contributed by atoms with Crippen LogP contribution in [0.15, 0.2) is 72.8 Å². The van der Waals surface area contributed by atoms with Crippen LogP contribution in [-0.2, 0) is 0 Å². The van der Waals surface area contributed by atoms with Crippen LogP contribution in [0.1, 0.15) is 31.1 Å². The molecule has 1 aromatic heterocycles. The van der Waals surface area contributed by atoms with Gasteiger partial charge in [0, 0.05) is 16.0 Å². The summed E-state index contributed by atoms with van der Waals surface area (Å²) in [7, 11) is 0. The molecule has 0 saturated carbocycles. The van der Waals surface area contributed by atoms with Crippen LogP contribution in [0.3, 0.4) is 0 Å². The van der Waals surface area contributed by atoms with E-state index in [2.05, 4.69) is 4.98 Å². The number of carbonyl (C=O) groups excluding carboxylic acids is 2. The number of benzene rings is 3. The van der Waals surface area contributed by atoms with Gasteiger partial charge >= 0.3 is 5.97 Å². The van der Waals surface area contributed by atoms with Crippen molar-refractivity contribution in [3.05, 3.63) is 94.5 Å². The van der Waals surface area contributed by atoms with Crippen LogP contribution < -0.4 is 4.90 Å². The Bertz CT molecular complexity index is 1380. The van der Waals surface area contributed by atoms with E-state index in [0.29, 0.717) is 44.0 Å². The van der Waals surface area contributed by atoms with E-state index in [1.807, 2.05) is 0 Å². The molecule has 0 spiro atoms. The highest BCUT2D eigenvalue weighted by Crippen LogP contribution is 2.31. The number of aromatic carboxylic acids is 1. The molecule has 6 nitrogen and oxygen atoms in total. The Hall–Kier alpha value is -4.03. The predicted molar refractivity (Wildman–Crippen MR) is 117 cm³/mol. The van der Waals surface area contributed by atoms with Crippen LogP contribution in [0.5, 0.6) is 0 Å². The summed E-state index contributed by atoms with van der Waals surface area (Å²) in [5.74, 6) is -1.83. The molecule has 1 aliphatic rings. The second-order valence-corrected chi connectivity index (χ2v) is 7.50. The number of hydrogen-bond donors (Lipinski definition) is 1. The summed E-state index contributed by atoms with van der Waals surface area (Å²) in [4.78, 5) is 42.8. The fourth-order valence-corrected chi connectivity index (χ4v) is 3.90. The molecule has 0 atom stereocenters. The SMILES string of the molecule is O=C(O)c1cc(-c2ccc(N3C(=O)c4ccccc4C3=O)cc2)nc2ccc(Cl)cc12. The van der Waals surface area contributed by atoms with Crippen molar-refractivity contribution >= 4 is 46.0 Å². The van der Waals surface area contributed by atoms with Crippen molar-refractivity contribution in [2.45, 2.75) is 0 Å². The molecule has 2 heterocycles. The second-order valence-electron chi connectivity index (χ2n) is 7.06. The van der Waals surface area contributed by atoms with Crippen molar-refractivity contribution in [2.24, 2.45) is 0 Å². The molecule has 3 aromatic carbocycles. The van der Waals surface area contributed by atoms with Gasteiger partial charge in [0.15, 0.2) is 0 Å². The maximum atomic E-state index is 12.7. The number of fused-ring (bicyclic) bond motifs is 2. The lowest BCUT2D eigenvalue weighted by atomic mass is 10.0. The molecular formula is C24H13ClN2O4. The van der Waals surface area contributed by atoms with Gasteiger partial charge in [0.25, 0.3) is 11.8 Å². The van der Waals surface area contributed by atoms with E-state index in [4.69, 9.17) is 11.6 Å². The summed E-state index contributed by atoms with van der Waals surface area (Å²) in [5, 5.41) is 10.5. The van der Waals surface area contributed by atoms with Crippen LogP contribution in [0, 0.1) is 0 Å². The highest BCUT2D eigenvalue weighted by Gasteiger charge is 2.36. The van der Waals surface area contributed by atoms with Crippen molar-refractivity contribution in [3.63, 3.8) is 0 Å². The molecule has 1 N–H and O–H groups in total. The van der Waals surface area contributed by atoms with Gasteiger partial charge in [0.2, 0.25) is 0 Å². The molecule has 0 saturated heterocycles. The molecule has 4 aromatic rings. The summed E-state index contributed by atoms with van der Waals surface area (Å²) in [6, 6.07) is 19.8. The zero-order valence-corrected chi connectivity index (χ0v) is 16.6. The van der Waals surface area contributed by atoms with Crippen molar-refractivity contribution in [1.29, 1.82) is 0 Å². The van der Waals surface area contributed by atoms with Gasteiger partial charge < -0.3 is 5.11 Å². The smallest absolute Gasteiger partial charge is 0.336 e. The lowest BCUT2D eigenvalue weighted by Gasteiger charge is -2.14. The molecule has 0 aliphatic carbocycles. The first-order valence-electron chi connectivity index (χ1n) is 9.36. The van der Waals surface area contributed by atoms with Gasteiger partial charge in [-0.25, -0.2) is 14.7 Å². The molecule has 31 heavy (non-hydrogen) atoms. The molecule has 0 radical (unpaired) electrons. The number of carboxylic acids is 1. The van der Waals surface area contributed by atoms with E-state index in [1.165, 1.54) is 6.07 Å². The molecule has 0 bridgehead atoms. The van der Waals surface area contributed by atoms with Crippen molar-refractivity contribution in [2.75, 3.05) is 4.90 Å². The third-order valence-electron chi connectivity index (χ3n) is 5.22. The van der Waals surface area contributed by atoms with Crippen molar-refractivity contribution in [1.82, 2.24) is 4.98 Å². The highest BCUT2D eigenvalue weighted by atomic mass is 35.5. The van der Waals surface area contributed by atoms with Gasteiger partial charge in [0.1, 0.15) is 0 Å². The Morgan fingerprint density at radius 3 is 2.13 bits per heavy atom. The minimum atomic E-state index is -1.08. The maximum Gasteiger partial charge on any atom is 0.336 e. The number of rotatable bonds is 3. The van der Waals surface area contributed by atoms with Crippen LogP contribution in [-0.4, -0.2) is 27.9 Å². The normalized spacial score (nSPS) is 13.0. The minimum absolute atomic E-state index is 0.0897. The topological polar surface area (TPSA) is 87.6 Å². The minimum Gasteiger partial charge on any atom is -0.478 e. The van der Waals surface area contributed by atoms with Gasteiger partial charge in [-0.15, -0.1) is 0 Å². The van der Waals surface area contributed by atoms with Gasteiger partial charge in [-0.2, -0.15) is 0 Å². The van der Waals surface area contributed by atoms with Gasteiger partial charge in [-0.3, -0.25) is 9.59 Å². The number of imide groups is 1. The number of hydrogen-bond acceptors (Lipinski definition) is 4. The zero-order chi connectivity index (χ0) is 21.7. The summed E-state index contributed by atoms with van der Waals surface area (Å²) in [5.41, 5.74) is 2.88. The Balaban J connectivity index is 1.55. The van der Waals surface area contributed by atoms with Gasteiger partial charge in [0.05, 0.1) is 33.6 Å². The lowest BCUT2D eigenvalue weighted by molar-refractivity contribution is 0.0698. The molecule has 0 unspecified atom stereocenters. The van der Waals surface area contributed by atoms with Crippen LogP contribution in [0.25, 0.3) is 22.2 Å². The standard InChI is InChI=1S/C24H13ClN2O4/c25-14-7-10-20-18(11-14)19(24(30)31)12-21(26-20)13-5-8-15(9-6-13)27-22(28)16-3-1-2-4-17(16)23(27)29/h1-12H,(H,30,31). The number of halogens is 1. The quantitative estimate of drug-likeness (QED) is 0.461. The number of nitrogens with zero attached hydrogens (tertiary/aromatic N) is 2. The van der Waals surface area contributed by atoms with E-state index in [1.54, 1.807) is 66.7 Å². The number of carbonyl (C=O) groups is 3. The third-order valence-corrected chi connectivity index (χ3v) is 5.45. The van der Waals surface area contributed by atoms with Gasteiger partial charge in [-0.05, 0) is 48.5 Å². The van der Waals surface area contributed by atoms with Crippen molar-refractivity contribution < 1.29 is 19.5 Å². The van der Waals surface area contributed by atoms with Crippen molar-refractivity contribution in [3.8, 4) is 11.3 Å². The Morgan fingerprint density at radius 2 is 1.52 bits per heavy atom. The molecule has 1 aliphatic heterocycles. The van der Waals surface area contributed by atoms with E-state index >= 15 is 0 Å². The fourth-order valence-electron chi connectivity index (χ4n) is 3.73. The first-order chi connectivity index (χ1) is 14.9. The summed E-state index contributed by atoms with van der Waals surface area (Å²) in [6.07, 6.45) is 0. The molecular weight excluding hydrogens is 416 g/mol. The zero-order valence-electron chi connectivity index (χ0n) is 15.9. The van der Waals surface area contributed by atoms with Crippen LogP contribution in [0.2, 0.25) is 5.02 Å². The number of anilines is 1. The van der Waals surface area contributed by atoms with E-state index in [-0.39, 0.29) is 17.4 Å². The molecule has 0 fully saturated rings. The molecule has 150 valence electrons. The molecule has 5 rings (SSSR count). The summed E-state index contributed by atoms with van der Waals surface area (Å²) < 4.78 is 0. The Kier molecular flexibility index (Phi) is 4.30. The number of amides is 2. The average Bonchev–Trinajstić information content (AvgIpc) is 3.03. The predicted octanol–water partition coefficient (Wildman–Crippen LogP) is 5.05. The lowest BCUT2D eigenvalue weighted by Crippen LogP contribution is -2.29. The summed E-state index contributed by atoms with van der Waals surface area (Å²) in [6.45, 7) is 0. The second kappa shape index (κ2) is 7.04. The van der Waals surface area contributed by atoms with Crippen LogP contribution in [0.4, 0.5) is 5.69 Å². The van der Waals surface area contributed by atoms with Crippen LogP contribution >= 0.6 is 11.6 Å². The van der Waals surface area contributed by atoms with E-state index in [0.717, 1.165) is 4.90 Å². The van der Waals surface area contributed by atoms with E-state index < -0.39 is 5.97 Å². The number of aromatic nitrogens is 1. The maximum absolute atomic E-state index is 12.7. The average molecular weight is 429 g/mol. The Morgan fingerprint density at radius 1 is 0.871 bits per heavy atom. The largest absolute Gasteiger partial charge is 0.478 e. The number of carboxylic acid groups (broad SMARTS) is 1. The summed E-state index contributed by atoms with van der Waals surface area (Å²) >= 11 is 6.01. The first-order valence-corrected chi connectivity index (χ1v) is 9.74.